The quantitative estimate of drug-likeness (QED) is 0.859. The van der Waals surface area contributed by atoms with Crippen LogP contribution in [0, 0.1) is 11.3 Å². The van der Waals surface area contributed by atoms with Gasteiger partial charge in [-0.2, -0.15) is 5.26 Å². The average Bonchev–Trinajstić information content (AvgIpc) is 2.46. The summed E-state index contributed by atoms with van der Waals surface area (Å²) in [4.78, 5) is 4.14. The first-order valence-electron chi connectivity index (χ1n) is 5.72. The molecule has 0 radical (unpaired) electrons. The molecule has 0 unspecified atom stereocenters. The number of hydrogen-bond acceptors (Lipinski definition) is 4. The lowest BCUT2D eigenvalue weighted by Gasteiger charge is -2.07. The van der Waals surface area contributed by atoms with E-state index in [0.29, 0.717) is 12.3 Å². The first-order chi connectivity index (χ1) is 9.28. The first kappa shape index (κ1) is 13.4. The van der Waals surface area contributed by atoms with Crippen molar-refractivity contribution in [2.75, 3.05) is 11.9 Å². The lowest BCUT2D eigenvalue weighted by atomic mass is 10.2. The average molecular weight is 318 g/mol. The fourth-order valence-corrected chi connectivity index (χ4v) is 1.74. The Bertz CT molecular complexity index is 561. The highest BCUT2D eigenvalue weighted by molar-refractivity contribution is 9.10. The molecule has 96 valence electrons. The Balaban J connectivity index is 1.89. The highest BCUT2D eigenvalue weighted by Crippen LogP contribution is 2.14. The van der Waals surface area contributed by atoms with Crippen LogP contribution in [-0.2, 0) is 6.54 Å². The molecule has 0 aliphatic rings. The molecule has 0 aliphatic heterocycles. The minimum atomic E-state index is 0.0716. The van der Waals surface area contributed by atoms with Crippen molar-refractivity contribution in [2.24, 2.45) is 0 Å². The molecule has 0 saturated heterocycles. The van der Waals surface area contributed by atoms with Gasteiger partial charge >= 0.3 is 0 Å². The third kappa shape index (κ3) is 4.27. The van der Waals surface area contributed by atoms with E-state index in [2.05, 4.69) is 26.2 Å². The Morgan fingerprint density at radius 3 is 2.63 bits per heavy atom. The van der Waals surface area contributed by atoms with Crippen molar-refractivity contribution in [3.8, 4) is 11.8 Å². The summed E-state index contributed by atoms with van der Waals surface area (Å²) in [5.41, 5.74) is 2.10. The van der Waals surface area contributed by atoms with Crippen LogP contribution >= 0.6 is 15.9 Å². The lowest BCUT2D eigenvalue weighted by Crippen LogP contribution is -2.00. The number of nitrogens with one attached hydrogen (secondary N) is 1. The van der Waals surface area contributed by atoms with E-state index in [-0.39, 0.29) is 6.61 Å². The van der Waals surface area contributed by atoms with Crippen molar-refractivity contribution in [1.29, 1.82) is 5.26 Å². The van der Waals surface area contributed by atoms with E-state index in [4.69, 9.17) is 10.00 Å². The monoisotopic (exact) mass is 317 g/mol. The Morgan fingerprint density at radius 1 is 1.21 bits per heavy atom. The molecular formula is C14H12BrN3O. The number of ether oxygens (including phenoxy) is 1. The third-order valence-electron chi connectivity index (χ3n) is 2.45. The van der Waals surface area contributed by atoms with Gasteiger partial charge in [0.05, 0.1) is 11.9 Å². The molecule has 1 heterocycles. The molecule has 0 amide bonds. The van der Waals surface area contributed by atoms with Crippen LogP contribution in [0.1, 0.15) is 5.56 Å². The highest BCUT2D eigenvalue weighted by Gasteiger charge is 1.97. The van der Waals surface area contributed by atoms with Crippen LogP contribution in [-0.4, -0.2) is 11.6 Å². The van der Waals surface area contributed by atoms with Crippen LogP contribution in [0.2, 0.25) is 0 Å². The van der Waals surface area contributed by atoms with Crippen LogP contribution in [0.25, 0.3) is 0 Å². The van der Waals surface area contributed by atoms with Crippen molar-refractivity contribution < 1.29 is 4.74 Å². The van der Waals surface area contributed by atoms with E-state index in [1.165, 1.54) is 0 Å². The fraction of sp³-hybridized carbons (Fsp3) is 0.143. The third-order valence-corrected chi connectivity index (χ3v) is 2.92. The second-order valence-corrected chi connectivity index (χ2v) is 4.63. The fourth-order valence-electron chi connectivity index (χ4n) is 1.50. The maximum Gasteiger partial charge on any atom is 0.174 e. The van der Waals surface area contributed by atoms with E-state index in [1.807, 2.05) is 42.5 Å². The number of pyridine rings is 1. The Kier molecular flexibility index (Phi) is 4.76. The van der Waals surface area contributed by atoms with Gasteiger partial charge in [0.25, 0.3) is 0 Å². The van der Waals surface area contributed by atoms with Gasteiger partial charge < -0.3 is 10.1 Å². The zero-order valence-electron chi connectivity index (χ0n) is 10.1. The molecule has 0 bridgehead atoms. The topological polar surface area (TPSA) is 57.9 Å². The van der Waals surface area contributed by atoms with Gasteiger partial charge in [0.1, 0.15) is 16.4 Å². The van der Waals surface area contributed by atoms with Crippen LogP contribution in [0.3, 0.4) is 0 Å². The lowest BCUT2D eigenvalue weighted by molar-refractivity contribution is 0.368. The van der Waals surface area contributed by atoms with Crippen molar-refractivity contribution in [3.63, 3.8) is 0 Å². The van der Waals surface area contributed by atoms with Crippen LogP contribution in [0.5, 0.6) is 5.75 Å². The molecular weight excluding hydrogens is 306 g/mol. The summed E-state index contributed by atoms with van der Waals surface area (Å²) in [5, 5.41) is 11.7. The molecule has 0 aliphatic carbocycles. The SMILES string of the molecule is N#CCOc1ccc(CNc2ccc(Br)nc2)cc1. The molecule has 0 spiro atoms. The van der Waals surface area contributed by atoms with Crippen LogP contribution in [0.15, 0.2) is 47.2 Å². The summed E-state index contributed by atoms with van der Waals surface area (Å²) >= 11 is 3.29. The van der Waals surface area contributed by atoms with Crippen molar-refractivity contribution in [1.82, 2.24) is 4.98 Å². The van der Waals surface area contributed by atoms with Gasteiger partial charge in [-0.1, -0.05) is 12.1 Å². The maximum absolute atomic E-state index is 8.42. The molecule has 0 atom stereocenters. The smallest absolute Gasteiger partial charge is 0.174 e. The first-order valence-corrected chi connectivity index (χ1v) is 6.51. The number of rotatable bonds is 5. The largest absolute Gasteiger partial charge is 0.479 e. The summed E-state index contributed by atoms with van der Waals surface area (Å²) in [6.07, 6.45) is 1.77. The predicted octanol–water partition coefficient (Wildman–Crippen LogP) is 3.36. The summed E-state index contributed by atoms with van der Waals surface area (Å²) in [6.45, 7) is 0.782. The van der Waals surface area contributed by atoms with Gasteiger partial charge in [0.2, 0.25) is 0 Å². The zero-order chi connectivity index (χ0) is 13.5. The molecule has 1 aromatic carbocycles. The van der Waals surface area contributed by atoms with Gasteiger partial charge in [-0.25, -0.2) is 4.98 Å². The van der Waals surface area contributed by atoms with Gasteiger partial charge in [-0.05, 0) is 45.8 Å². The minimum Gasteiger partial charge on any atom is -0.479 e. The number of nitrogens with zero attached hydrogens (tertiary/aromatic N) is 2. The van der Waals surface area contributed by atoms with E-state index < -0.39 is 0 Å². The van der Waals surface area contributed by atoms with Crippen molar-refractivity contribution in [3.05, 3.63) is 52.8 Å². The van der Waals surface area contributed by atoms with Gasteiger partial charge in [0, 0.05) is 6.54 Å². The molecule has 2 rings (SSSR count). The molecule has 0 fully saturated rings. The number of hydrogen-bond donors (Lipinski definition) is 1. The number of aromatic nitrogens is 1. The molecule has 2 aromatic rings. The Labute approximate surface area is 120 Å². The molecule has 4 nitrogen and oxygen atoms in total. The van der Waals surface area contributed by atoms with Gasteiger partial charge in [-0.15, -0.1) is 0 Å². The standard InChI is InChI=1S/C14H12BrN3O/c15-14-6-3-12(10-18-14)17-9-11-1-4-13(5-2-11)19-8-7-16/h1-6,10,17H,8-9H2. The summed E-state index contributed by atoms with van der Waals surface area (Å²) in [5.74, 6) is 0.704. The Hall–Kier alpha value is -2.06. The van der Waals surface area contributed by atoms with Gasteiger partial charge in [-0.3, -0.25) is 0 Å². The number of halogens is 1. The summed E-state index contributed by atoms with van der Waals surface area (Å²) in [7, 11) is 0. The van der Waals surface area contributed by atoms with Crippen molar-refractivity contribution in [2.45, 2.75) is 6.54 Å². The summed E-state index contributed by atoms with van der Waals surface area (Å²) in [6, 6.07) is 13.4. The predicted molar refractivity (Wildman–Crippen MR) is 76.8 cm³/mol. The van der Waals surface area contributed by atoms with Gasteiger partial charge in [0.15, 0.2) is 6.61 Å². The normalized spacial score (nSPS) is 9.68. The second kappa shape index (κ2) is 6.76. The molecule has 0 saturated carbocycles. The number of benzene rings is 1. The van der Waals surface area contributed by atoms with Crippen molar-refractivity contribution >= 4 is 21.6 Å². The van der Waals surface area contributed by atoms with E-state index >= 15 is 0 Å². The highest BCUT2D eigenvalue weighted by atomic mass is 79.9. The maximum atomic E-state index is 8.42. The summed E-state index contributed by atoms with van der Waals surface area (Å²) < 4.78 is 6.01. The van der Waals surface area contributed by atoms with Crippen LogP contribution < -0.4 is 10.1 Å². The number of nitriles is 1. The molecule has 19 heavy (non-hydrogen) atoms. The van der Waals surface area contributed by atoms with E-state index in [0.717, 1.165) is 15.9 Å². The molecule has 5 heteroatoms. The second-order valence-electron chi connectivity index (χ2n) is 3.81. The van der Waals surface area contributed by atoms with Crippen LogP contribution in [0.4, 0.5) is 5.69 Å². The van der Waals surface area contributed by atoms with E-state index in [1.54, 1.807) is 6.20 Å². The van der Waals surface area contributed by atoms with E-state index in [9.17, 15) is 0 Å². The zero-order valence-corrected chi connectivity index (χ0v) is 11.7. The Morgan fingerprint density at radius 2 is 2.00 bits per heavy atom. The molecule has 1 N–H and O–H groups in total. The minimum absolute atomic E-state index is 0.0716. The molecule has 1 aromatic heterocycles. The number of anilines is 1.